The normalized spacial score (nSPS) is 25.5. The van der Waals surface area contributed by atoms with E-state index in [0.29, 0.717) is 0 Å². The van der Waals surface area contributed by atoms with Gasteiger partial charge in [-0.3, -0.25) is 4.79 Å². The van der Waals surface area contributed by atoms with Gasteiger partial charge in [0, 0.05) is 25.9 Å². The Morgan fingerprint density at radius 1 is 1.22 bits per heavy atom. The molecule has 2 aliphatic heterocycles. The number of amides is 1. The maximum atomic E-state index is 12.8. The van der Waals surface area contributed by atoms with Crippen LogP contribution in [-0.4, -0.2) is 42.1 Å². The molecule has 23 heavy (non-hydrogen) atoms. The van der Waals surface area contributed by atoms with Gasteiger partial charge in [0.2, 0.25) is 5.91 Å². The first-order chi connectivity index (χ1) is 10.7. The zero-order valence-electron chi connectivity index (χ0n) is 13.8. The standard InChI is InChI=1S/C18H26N2O2.ClH/c1-18(11-5-6-12-19-18)17(21)20-13-9-16(10-14-20)22-15-7-3-2-4-8-15;/h2-4,7-8,16,19H,5-6,9-14H2,1H3;1H. The van der Waals surface area contributed by atoms with Crippen LogP contribution in [0.1, 0.15) is 39.0 Å². The Morgan fingerprint density at radius 2 is 1.91 bits per heavy atom. The van der Waals surface area contributed by atoms with Crippen molar-refractivity contribution in [1.82, 2.24) is 10.2 Å². The lowest BCUT2D eigenvalue weighted by Crippen LogP contribution is -2.59. The van der Waals surface area contributed by atoms with Crippen LogP contribution < -0.4 is 10.1 Å². The number of nitrogens with one attached hydrogen (secondary N) is 1. The highest BCUT2D eigenvalue weighted by atomic mass is 35.5. The number of rotatable bonds is 3. The molecule has 1 amide bonds. The van der Waals surface area contributed by atoms with Crippen LogP contribution in [-0.2, 0) is 4.79 Å². The van der Waals surface area contributed by atoms with Crippen LogP contribution in [0, 0.1) is 0 Å². The number of piperidine rings is 2. The summed E-state index contributed by atoms with van der Waals surface area (Å²) in [7, 11) is 0. The summed E-state index contributed by atoms with van der Waals surface area (Å²) in [5, 5.41) is 3.42. The van der Waals surface area contributed by atoms with E-state index in [9.17, 15) is 4.79 Å². The van der Waals surface area contributed by atoms with Gasteiger partial charge in [-0.2, -0.15) is 0 Å². The number of benzene rings is 1. The molecule has 5 heteroatoms. The average molecular weight is 339 g/mol. The smallest absolute Gasteiger partial charge is 0.242 e. The Balaban J connectivity index is 0.00000192. The van der Waals surface area contributed by atoms with Crippen molar-refractivity contribution in [2.75, 3.05) is 19.6 Å². The van der Waals surface area contributed by atoms with Gasteiger partial charge in [0.05, 0.1) is 5.54 Å². The molecule has 2 fully saturated rings. The summed E-state index contributed by atoms with van der Waals surface area (Å²) in [6, 6.07) is 9.95. The number of hydrogen-bond donors (Lipinski definition) is 1. The molecule has 2 aliphatic rings. The van der Waals surface area contributed by atoms with E-state index >= 15 is 0 Å². The molecule has 2 saturated heterocycles. The van der Waals surface area contributed by atoms with Crippen molar-refractivity contribution >= 4 is 18.3 Å². The molecule has 1 atom stereocenters. The second-order valence-electron chi connectivity index (χ2n) is 6.64. The molecule has 0 spiro atoms. The number of carbonyl (C=O) groups excluding carboxylic acids is 1. The summed E-state index contributed by atoms with van der Waals surface area (Å²) >= 11 is 0. The van der Waals surface area contributed by atoms with E-state index in [2.05, 4.69) is 12.2 Å². The zero-order chi connectivity index (χ0) is 15.4. The third-order valence-electron chi connectivity index (χ3n) is 4.87. The largest absolute Gasteiger partial charge is 0.490 e. The Bertz CT molecular complexity index is 495. The number of carbonyl (C=O) groups is 1. The third kappa shape index (κ3) is 4.39. The summed E-state index contributed by atoms with van der Waals surface area (Å²) in [5.74, 6) is 1.19. The average Bonchev–Trinajstić information content (AvgIpc) is 2.56. The highest BCUT2D eigenvalue weighted by Crippen LogP contribution is 2.24. The molecule has 128 valence electrons. The van der Waals surface area contributed by atoms with Gasteiger partial charge in [-0.15, -0.1) is 12.4 Å². The predicted octanol–water partition coefficient (Wildman–Crippen LogP) is 3.01. The SMILES string of the molecule is CC1(C(=O)N2CCC(Oc3ccccc3)CC2)CCCCN1.Cl. The van der Waals surface area contributed by atoms with Gasteiger partial charge in [0.1, 0.15) is 11.9 Å². The number of para-hydroxylation sites is 1. The fraction of sp³-hybridized carbons (Fsp3) is 0.611. The maximum absolute atomic E-state index is 12.8. The summed E-state index contributed by atoms with van der Waals surface area (Å²) in [6.45, 7) is 4.61. The molecular formula is C18H27ClN2O2. The maximum Gasteiger partial charge on any atom is 0.242 e. The Hall–Kier alpha value is -1.26. The molecule has 0 saturated carbocycles. The van der Waals surface area contributed by atoms with Crippen molar-refractivity contribution < 1.29 is 9.53 Å². The Labute approximate surface area is 145 Å². The van der Waals surface area contributed by atoms with Crippen molar-refractivity contribution in [3.63, 3.8) is 0 Å². The van der Waals surface area contributed by atoms with Crippen molar-refractivity contribution in [3.05, 3.63) is 30.3 Å². The first-order valence-electron chi connectivity index (χ1n) is 8.43. The molecule has 3 rings (SSSR count). The monoisotopic (exact) mass is 338 g/mol. The minimum atomic E-state index is -0.356. The van der Waals surface area contributed by atoms with E-state index < -0.39 is 0 Å². The molecule has 4 nitrogen and oxygen atoms in total. The molecule has 0 radical (unpaired) electrons. The predicted molar refractivity (Wildman–Crippen MR) is 94.2 cm³/mol. The van der Waals surface area contributed by atoms with E-state index in [1.54, 1.807) is 0 Å². The minimum Gasteiger partial charge on any atom is -0.490 e. The van der Waals surface area contributed by atoms with Crippen molar-refractivity contribution in [2.24, 2.45) is 0 Å². The number of halogens is 1. The number of ether oxygens (including phenoxy) is 1. The number of nitrogens with zero attached hydrogens (tertiary/aromatic N) is 1. The third-order valence-corrected chi connectivity index (χ3v) is 4.87. The van der Waals surface area contributed by atoms with E-state index in [1.165, 1.54) is 6.42 Å². The molecule has 1 aromatic rings. The van der Waals surface area contributed by atoms with Crippen molar-refractivity contribution in [3.8, 4) is 5.75 Å². The summed E-state index contributed by atoms with van der Waals surface area (Å²) in [5.41, 5.74) is -0.356. The lowest BCUT2D eigenvalue weighted by Gasteiger charge is -2.40. The van der Waals surface area contributed by atoms with Gasteiger partial charge < -0.3 is 15.0 Å². The van der Waals surface area contributed by atoms with Crippen LogP contribution in [0.2, 0.25) is 0 Å². The molecule has 0 aliphatic carbocycles. The summed E-state index contributed by atoms with van der Waals surface area (Å²) in [6.07, 6.45) is 5.32. The van der Waals surface area contributed by atoms with Crippen LogP contribution in [0.5, 0.6) is 5.75 Å². The van der Waals surface area contributed by atoms with Crippen LogP contribution in [0.3, 0.4) is 0 Å². The number of likely N-dealkylation sites (tertiary alicyclic amines) is 1. The van der Waals surface area contributed by atoms with Gasteiger partial charge >= 0.3 is 0 Å². The zero-order valence-corrected chi connectivity index (χ0v) is 14.6. The van der Waals surface area contributed by atoms with Gasteiger partial charge in [0.15, 0.2) is 0 Å². The lowest BCUT2D eigenvalue weighted by atomic mass is 9.89. The van der Waals surface area contributed by atoms with E-state index in [4.69, 9.17) is 4.74 Å². The van der Waals surface area contributed by atoms with Gasteiger partial charge in [0.25, 0.3) is 0 Å². The first-order valence-corrected chi connectivity index (χ1v) is 8.43. The summed E-state index contributed by atoms with van der Waals surface area (Å²) in [4.78, 5) is 14.8. The first kappa shape index (κ1) is 18.1. The van der Waals surface area contributed by atoms with Crippen LogP contribution in [0.15, 0.2) is 30.3 Å². The fourth-order valence-electron chi connectivity index (χ4n) is 3.46. The fourth-order valence-corrected chi connectivity index (χ4v) is 3.46. The van der Waals surface area contributed by atoms with Crippen LogP contribution >= 0.6 is 12.4 Å². The molecule has 1 unspecified atom stereocenters. The summed E-state index contributed by atoms with van der Waals surface area (Å²) < 4.78 is 6.00. The highest BCUT2D eigenvalue weighted by Gasteiger charge is 2.38. The highest BCUT2D eigenvalue weighted by molar-refractivity contribution is 5.86. The lowest BCUT2D eigenvalue weighted by molar-refractivity contribution is -0.140. The van der Waals surface area contributed by atoms with Crippen LogP contribution in [0.25, 0.3) is 0 Å². The molecular weight excluding hydrogens is 312 g/mol. The number of hydrogen-bond acceptors (Lipinski definition) is 3. The second-order valence-corrected chi connectivity index (χ2v) is 6.64. The van der Waals surface area contributed by atoms with E-state index in [-0.39, 0.29) is 30.0 Å². The molecule has 1 N–H and O–H groups in total. The second kappa shape index (κ2) is 8.02. The van der Waals surface area contributed by atoms with Crippen molar-refractivity contribution in [1.29, 1.82) is 0 Å². The molecule has 0 aromatic heterocycles. The van der Waals surface area contributed by atoms with Gasteiger partial charge in [-0.25, -0.2) is 0 Å². The molecule has 1 aromatic carbocycles. The van der Waals surface area contributed by atoms with Gasteiger partial charge in [-0.1, -0.05) is 18.2 Å². The van der Waals surface area contributed by atoms with E-state index in [1.807, 2.05) is 35.2 Å². The molecule has 2 heterocycles. The minimum absolute atomic E-state index is 0. The van der Waals surface area contributed by atoms with Crippen LogP contribution in [0.4, 0.5) is 0 Å². The van der Waals surface area contributed by atoms with Gasteiger partial charge in [-0.05, 0) is 44.9 Å². The quantitative estimate of drug-likeness (QED) is 0.921. The Kier molecular flexibility index (Phi) is 6.31. The van der Waals surface area contributed by atoms with Crippen molar-refractivity contribution in [2.45, 2.75) is 50.7 Å². The van der Waals surface area contributed by atoms with E-state index in [0.717, 1.165) is 51.1 Å². The Morgan fingerprint density at radius 3 is 2.52 bits per heavy atom. The molecule has 0 bridgehead atoms. The topological polar surface area (TPSA) is 41.6 Å².